The van der Waals surface area contributed by atoms with Crippen LogP contribution in [0.25, 0.3) is 0 Å². The van der Waals surface area contributed by atoms with Gasteiger partial charge >= 0.3 is 5.97 Å². The molecule has 160 valence electrons. The Morgan fingerprint density at radius 2 is 1.32 bits per heavy atom. The van der Waals surface area contributed by atoms with E-state index in [-0.39, 0.29) is 11.5 Å². The average molecular weight is 440 g/mol. The zero-order chi connectivity index (χ0) is 22.0. The van der Waals surface area contributed by atoms with E-state index in [1.54, 1.807) is 0 Å². The predicted octanol–water partition coefficient (Wildman–Crippen LogP) is -4.03. The fourth-order valence-electron chi connectivity index (χ4n) is 1.82. The second kappa shape index (κ2) is 12.4. The Morgan fingerprint density at radius 1 is 0.893 bits per heavy atom. The lowest BCUT2D eigenvalue weighted by Gasteiger charge is -2.24. The highest BCUT2D eigenvalue weighted by Crippen LogP contribution is 1.99. The van der Waals surface area contributed by atoms with Crippen molar-refractivity contribution in [2.45, 2.75) is 43.6 Å². The number of aliphatic hydroxyl groups is 1. The number of carbonyl (C=O) groups is 5. The van der Waals surface area contributed by atoms with E-state index in [0.717, 1.165) is 0 Å². The highest BCUT2D eigenvalue weighted by atomic mass is 32.1. The number of nitrogens with one attached hydrogen (secondary N) is 3. The molecule has 0 aromatic rings. The second-order valence-electron chi connectivity index (χ2n) is 5.82. The molecular formula is C14H25N5O7S2. The Morgan fingerprint density at radius 3 is 1.71 bits per heavy atom. The number of primary amides is 1. The summed E-state index contributed by atoms with van der Waals surface area (Å²) in [7, 11) is 0. The smallest absolute Gasteiger partial charge is 0.327 e. The van der Waals surface area contributed by atoms with E-state index in [1.807, 2.05) is 0 Å². The van der Waals surface area contributed by atoms with E-state index in [4.69, 9.17) is 16.6 Å². The van der Waals surface area contributed by atoms with Crippen molar-refractivity contribution in [2.24, 2.45) is 11.5 Å². The summed E-state index contributed by atoms with van der Waals surface area (Å²) in [4.78, 5) is 58.6. The zero-order valence-corrected chi connectivity index (χ0v) is 16.8. The van der Waals surface area contributed by atoms with Crippen LogP contribution >= 0.6 is 25.3 Å². The third kappa shape index (κ3) is 8.77. The van der Waals surface area contributed by atoms with E-state index >= 15 is 0 Å². The van der Waals surface area contributed by atoms with Gasteiger partial charge in [-0.2, -0.15) is 25.3 Å². The lowest BCUT2D eigenvalue weighted by Crippen LogP contribution is -2.59. The maximum atomic E-state index is 12.4. The summed E-state index contributed by atoms with van der Waals surface area (Å²) < 4.78 is 0. The lowest BCUT2D eigenvalue weighted by atomic mass is 10.1. The van der Waals surface area contributed by atoms with Crippen LogP contribution in [0, 0.1) is 0 Å². The molecule has 0 saturated carbocycles. The summed E-state index contributed by atoms with van der Waals surface area (Å²) in [5.41, 5.74) is 10.5. The fourth-order valence-corrected chi connectivity index (χ4v) is 2.33. The molecule has 0 bridgehead atoms. The van der Waals surface area contributed by atoms with Gasteiger partial charge in [-0.15, -0.1) is 0 Å². The predicted molar refractivity (Wildman–Crippen MR) is 105 cm³/mol. The van der Waals surface area contributed by atoms with Crippen LogP contribution in [0.15, 0.2) is 0 Å². The first kappa shape index (κ1) is 26.0. The normalized spacial score (nSPS) is 16.0. The van der Waals surface area contributed by atoms with Crippen molar-refractivity contribution in [1.82, 2.24) is 16.0 Å². The van der Waals surface area contributed by atoms with Gasteiger partial charge in [0.1, 0.15) is 24.2 Å². The van der Waals surface area contributed by atoms with Crippen molar-refractivity contribution < 1.29 is 34.2 Å². The molecule has 0 saturated heterocycles. The van der Waals surface area contributed by atoms with Gasteiger partial charge in [0.15, 0.2) is 0 Å². The van der Waals surface area contributed by atoms with Crippen LogP contribution in [-0.4, -0.2) is 81.6 Å². The maximum absolute atomic E-state index is 12.4. The van der Waals surface area contributed by atoms with E-state index in [1.165, 1.54) is 6.92 Å². The molecule has 0 aliphatic rings. The van der Waals surface area contributed by atoms with Gasteiger partial charge in [0.05, 0.1) is 12.5 Å². The molecule has 0 radical (unpaired) electrons. The molecule has 0 rings (SSSR count). The van der Waals surface area contributed by atoms with Gasteiger partial charge in [-0.25, -0.2) is 4.79 Å². The van der Waals surface area contributed by atoms with Gasteiger partial charge in [0, 0.05) is 11.5 Å². The summed E-state index contributed by atoms with van der Waals surface area (Å²) in [6.07, 6.45) is -1.82. The Hall–Kier alpha value is -2.03. The SMILES string of the molecule is CC(O)C(N)C(=O)NC(CC(N)=O)C(=O)NC(CS)C(=O)NC(CS)C(=O)O. The highest BCUT2D eigenvalue weighted by Gasteiger charge is 2.31. The topological polar surface area (TPSA) is 214 Å². The van der Waals surface area contributed by atoms with Crippen LogP contribution in [0.4, 0.5) is 0 Å². The minimum atomic E-state index is -1.47. The third-order valence-corrected chi connectivity index (χ3v) is 4.20. The first-order valence-corrected chi connectivity index (χ1v) is 9.28. The number of hydrogen-bond acceptors (Lipinski definition) is 9. The molecule has 5 atom stereocenters. The van der Waals surface area contributed by atoms with Crippen molar-refractivity contribution in [1.29, 1.82) is 0 Å². The van der Waals surface area contributed by atoms with Crippen LogP contribution < -0.4 is 27.4 Å². The average Bonchev–Trinajstić information content (AvgIpc) is 2.61. The molecular weight excluding hydrogens is 414 g/mol. The van der Waals surface area contributed by atoms with E-state index in [0.29, 0.717) is 0 Å². The molecule has 28 heavy (non-hydrogen) atoms. The Kier molecular flexibility index (Phi) is 11.5. The number of aliphatic carboxylic acids is 1. The third-order valence-electron chi connectivity index (χ3n) is 3.47. The molecule has 0 spiro atoms. The number of carboxylic acid groups (broad SMARTS) is 1. The maximum Gasteiger partial charge on any atom is 0.327 e. The van der Waals surface area contributed by atoms with Crippen LogP contribution in [0.1, 0.15) is 13.3 Å². The first-order chi connectivity index (χ1) is 12.9. The molecule has 14 heteroatoms. The van der Waals surface area contributed by atoms with E-state index in [9.17, 15) is 29.1 Å². The van der Waals surface area contributed by atoms with Gasteiger partial charge in [-0.05, 0) is 6.92 Å². The Bertz CT molecular complexity index is 605. The van der Waals surface area contributed by atoms with Gasteiger partial charge in [0.25, 0.3) is 0 Å². The number of amides is 4. The number of rotatable bonds is 12. The van der Waals surface area contributed by atoms with Gasteiger partial charge in [-0.1, -0.05) is 0 Å². The number of aliphatic hydroxyl groups excluding tert-OH is 1. The number of thiol groups is 2. The summed E-state index contributed by atoms with van der Waals surface area (Å²) in [5, 5.41) is 24.9. The van der Waals surface area contributed by atoms with Crippen molar-refractivity contribution in [3.63, 3.8) is 0 Å². The fraction of sp³-hybridized carbons (Fsp3) is 0.643. The van der Waals surface area contributed by atoms with Gasteiger partial charge in [0.2, 0.25) is 23.6 Å². The van der Waals surface area contributed by atoms with Crippen LogP contribution in [0.5, 0.6) is 0 Å². The van der Waals surface area contributed by atoms with Crippen LogP contribution in [-0.2, 0) is 24.0 Å². The summed E-state index contributed by atoms with van der Waals surface area (Å²) >= 11 is 7.73. The molecule has 0 aromatic carbocycles. The summed E-state index contributed by atoms with van der Waals surface area (Å²) in [6.45, 7) is 1.26. The Balaban J connectivity index is 5.19. The minimum Gasteiger partial charge on any atom is -0.480 e. The summed E-state index contributed by atoms with van der Waals surface area (Å²) in [6, 6.07) is -5.39. The quantitative estimate of drug-likeness (QED) is 0.136. The Labute approximate surface area is 172 Å². The largest absolute Gasteiger partial charge is 0.480 e. The molecule has 4 amide bonds. The molecule has 0 heterocycles. The minimum absolute atomic E-state index is 0.189. The molecule has 0 aliphatic carbocycles. The number of carboxylic acids is 1. The molecule has 0 fully saturated rings. The van der Waals surface area contributed by atoms with E-state index < -0.39 is 66.3 Å². The van der Waals surface area contributed by atoms with Gasteiger partial charge in [-0.3, -0.25) is 19.2 Å². The number of carbonyl (C=O) groups excluding carboxylic acids is 4. The van der Waals surface area contributed by atoms with Crippen molar-refractivity contribution >= 4 is 54.9 Å². The summed E-state index contributed by atoms with van der Waals surface area (Å²) in [5.74, 6) is -5.35. The zero-order valence-electron chi connectivity index (χ0n) is 15.0. The molecule has 5 unspecified atom stereocenters. The van der Waals surface area contributed by atoms with Crippen molar-refractivity contribution in [3.8, 4) is 0 Å². The number of nitrogens with two attached hydrogens (primary N) is 2. The standard InChI is InChI=1S/C14H25N5O7S2/c1-5(20)10(16)13(24)17-6(2-9(15)21)11(22)18-7(3-27)12(23)19-8(4-28)14(25)26/h5-8,10,20,27-28H,2-4,16H2,1H3,(H2,15,21)(H,17,24)(H,18,22)(H,19,23)(H,25,26). The monoisotopic (exact) mass is 439 g/mol. The lowest BCUT2D eigenvalue weighted by molar-refractivity contribution is -0.141. The first-order valence-electron chi connectivity index (χ1n) is 8.02. The van der Waals surface area contributed by atoms with E-state index in [2.05, 4.69) is 41.2 Å². The van der Waals surface area contributed by atoms with Crippen molar-refractivity contribution in [3.05, 3.63) is 0 Å². The number of hydrogen-bond donors (Lipinski definition) is 9. The molecule has 9 N–H and O–H groups in total. The molecule has 0 aliphatic heterocycles. The van der Waals surface area contributed by atoms with Crippen LogP contribution in [0.2, 0.25) is 0 Å². The van der Waals surface area contributed by atoms with Crippen LogP contribution in [0.3, 0.4) is 0 Å². The highest BCUT2D eigenvalue weighted by molar-refractivity contribution is 7.80. The second-order valence-corrected chi connectivity index (χ2v) is 6.55. The molecule has 0 aromatic heterocycles. The van der Waals surface area contributed by atoms with Gasteiger partial charge < -0.3 is 37.6 Å². The molecule has 12 nitrogen and oxygen atoms in total. The van der Waals surface area contributed by atoms with Crippen molar-refractivity contribution in [2.75, 3.05) is 11.5 Å².